The molecule has 1 aromatic heterocycles. The second-order valence-corrected chi connectivity index (χ2v) is 10.5. The number of sulfonamides is 1. The van der Waals surface area contributed by atoms with Crippen molar-refractivity contribution in [2.75, 3.05) is 6.54 Å². The van der Waals surface area contributed by atoms with Gasteiger partial charge in [-0.05, 0) is 53.7 Å². The number of thiophene rings is 1. The Bertz CT molecular complexity index is 601. The maximum Gasteiger partial charge on any atom is 0.252 e. The molecule has 1 aromatic rings. The van der Waals surface area contributed by atoms with Crippen molar-refractivity contribution in [2.24, 2.45) is 5.92 Å². The van der Waals surface area contributed by atoms with Crippen molar-refractivity contribution in [3.8, 4) is 0 Å². The zero-order chi connectivity index (χ0) is 15.0. The van der Waals surface area contributed by atoms with Crippen LogP contribution in [0.1, 0.15) is 38.5 Å². The van der Waals surface area contributed by atoms with Crippen molar-refractivity contribution in [1.82, 2.24) is 4.31 Å². The van der Waals surface area contributed by atoms with Crippen LogP contribution in [-0.4, -0.2) is 36.5 Å². The first-order chi connectivity index (χ1) is 10.00. The summed E-state index contributed by atoms with van der Waals surface area (Å²) in [4.78, 5) is 0. The van der Waals surface area contributed by atoms with Crippen LogP contribution in [-0.2, 0) is 10.0 Å². The molecule has 3 unspecified atom stereocenters. The highest BCUT2D eigenvalue weighted by atomic mass is 79.9. The molecule has 1 saturated carbocycles. The predicted octanol–water partition coefficient (Wildman–Crippen LogP) is 3.21. The second kappa shape index (κ2) is 6.28. The van der Waals surface area contributed by atoms with E-state index >= 15 is 0 Å². The zero-order valence-electron chi connectivity index (χ0n) is 11.7. The molecule has 0 aromatic carbocycles. The normalized spacial score (nSPS) is 31.6. The average molecular weight is 394 g/mol. The molecule has 3 rings (SSSR count). The lowest BCUT2D eigenvalue weighted by Gasteiger charge is -2.39. The molecule has 118 valence electrons. The first-order valence-electron chi connectivity index (χ1n) is 7.45. The SMILES string of the molecule is O=S(=O)(c1ccc(Br)s1)N1CCCCC1C1CCCC1O. The van der Waals surface area contributed by atoms with Crippen molar-refractivity contribution < 1.29 is 13.5 Å². The van der Waals surface area contributed by atoms with E-state index in [9.17, 15) is 13.5 Å². The van der Waals surface area contributed by atoms with Gasteiger partial charge in [-0.3, -0.25) is 0 Å². The summed E-state index contributed by atoms with van der Waals surface area (Å²) in [5.74, 6) is 0.100. The summed E-state index contributed by atoms with van der Waals surface area (Å²) < 4.78 is 28.7. The van der Waals surface area contributed by atoms with E-state index in [1.807, 2.05) is 0 Å². The lowest BCUT2D eigenvalue weighted by molar-refractivity contribution is 0.0724. The molecule has 4 nitrogen and oxygen atoms in total. The quantitative estimate of drug-likeness (QED) is 0.857. The van der Waals surface area contributed by atoms with E-state index in [2.05, 4.69) is 15.9 Å². The Labute approximate surface area is 138 Å². The van der Waals surface area contributed by atoms with Gasteiger partial charge in [-0.25, -0.2) is 8.42 Å². The third kappa shape index (κ3) is 3.08. The Morgan fingerprint density at radius 1 is 1.19 bits per heavy atom. The minimum Gasteiger partial charge on any atom is -0.393 e. The fraction of sp³-hybridized carbons (Fsp3) is 0.714. The largest absolute Gasteiger partial charge is 0.393 e. The van der Waals surface area contributed by atoms with Crippen molar-refractivity contribution in [3.63, 3.8) is 0 Å². The Morgan fingerprint density at radius 2 is 2.00 bits per heavy atom. The number of aliphatic hydroxyl groups excluding tert-OH is 1. The van der Waals surface area contributed by atoms with E-state index in [1.165, 1.54) is 11.3 Å². The molecular formula is C14H20BrNO3S2. The summed E-state index contributed by atoms with van der Waals surface area (Å²) in [7, 11) is -3.44. The van der Waals surface area contributed by atoms with Crippen LogP contribution in [0.4, 0.5) is 0 Å². The van der Waals surface area contributed by atoms with Crippen LogP contribution in [0.3, 0.4) is 0 Å². The van der Waals surface area contributed by atoms with E-state index in [0.29, 0.717) is 10.8 Å². The van der Waals surface area contributed by atoms with E-state index < -0.39 is 10.0 Å². The molecule has 0 radical (unpaired) electrons. The number of halogens is 1. The maximum atomic E-state index is 12.9. The standard InChI is InChI=1S/C14H20BrNO3S2/c15-13-7-8-14(20-13)21(18,19)16-9-2-1-5-11(16)10-4-3-6-12(10)17/h7-8,10-12,17H,1-6,9H2. The van der Waals surface area contributed by atoms with Gasteiger partial charge in [0, 0.05) is 18.5 Å². The summed E-state index contributed by atoms with van der Waals surface area (Å²) in [5.41, 5.74) is 0. The predicted molar refractivity (Wildman–Crippen MR) is 86.9 cm³/mol. The Hall–Kier alpha value is 0.0500. The van der Waals surface area contributed by atoms with Crippen LogP contribution in [0.15, 0.2) is 20.1 Å². The van der Waals surface area contributed by atoms with E-state index in [-0.39, 0.29) is 18.1 Å². The van der Waals surface area contributed by atoms with Crippen LogP contribution in [0.2, 0.25) is 0 Å². The van der Waals surface area contributed by atoms with Gasteiger partial charge in [0.15, 0.2) is 0 Å². The van der Waals surface area contributed by atoms with Gasteiger partial charge < -0.3 is 5.11 Å². The third-order valence-corrected chi connectivity index (χ3v) is 8.65. The molecular weight excluding hydrogens is 374 g/mol. The highest BCUT2D eigenvalue weighted by Gasteiger charge is 2.42. The zero-order valence-corrected chi connectivity index (χ0v) is 15.0. The molecule has 7 heteroatoms. The summed E-state index contributed by atoms with van der Waals surface area (Å²) in [6, 6.07) is 3.41. The van der Waals surface area contributed by atoms with Crippen LogP contribution < -0.4 is 0 Å². The van der Waals surface area contributed by atoms with Crippen LogP contribution in [0.25, 0.3) is 0 Å². The van der Waals surface area contributed by atoms with Crippen LogP contribution >= 0.6 is 27.3 Å². The first-order valence-corrected chi connectivity index (χ1v) is 10.5. The molecule has 0 amide bonds. The number of piperidine rings is 1. The van der Waals surface area contributed by atoms with Crippen LogP contribution in [0.5, 0.6) is 0 Å². The van der Waals surface area contributed by atoms with Gasteiger partial charge in [0.05, 0.1) is 9.89 Å². The topological polar surface area (TPSA) is 57.6 Å². The first kappa shape index (κ1) is 15.9. The molecule has 0 spiro atoms. The smallest absolute Gasteiger partial charge is 0.252 e. The van der Waals surface area contributed by atoms with E-state index in [1.54, 1.807) is 16.4 Å². The van der Waals surface area contributed by atoms with Gasteiger partial charge in [-0.1, -0.05) is 12.8 Å². The summed E-state index contributed by atoms with van der Waals surface area (Å²) in [6.07, 6.45) is 5.22. The van der Waals surface area contributed by atoms with Gasteiger partial charge in [-0.2, -0.15) is 4.31 Å². The number of hydrogen-bond donors (Lipinski definition) is 1. The molecule has 2 aliphatic rings. The third-order valence-electron chi connectivity index (χ3n) is 4.64. The van der Waals surface area contributed by atoms with Gasteiger partial charge in [0.25, 0.3) is 10.0 Å². The van der Waals surface area contributed by atoms with Crippen LogP contribution in [0, 0.1) is 5.92 Å². The highest BCUT2D eigenvalue weighted by molar-refractivity contribution is 9.11. The number of hydrogen-bond acceptors (Lipinski definition) is 4. The number of nitrogens with zero attached hydrogens (tertiary/aromatic N) is 1. The molecule has 2 heterocycles. The lowest BCUT2D eigenvalue weighted by Crippen LogP contribution is -2.49. The Kier molecular flexibility index (Phi) is 4.76. The van der Waals surface area contributed by atoms with Gasteiger partial charge in [0.1, 0.15) is 4.21 Å². The van der Waals surface area contributed by atoms with Gasteiger partial charge in [0.2, 0.25) is 0 Å². The minimum atomic E-state index is -3.44. The minimum absolute atomic E-state index is 0.0397. The fourth-order valence-corrected chi connectivity index (χ4v) is 7.50. The Morgan fingerprint density at radius 3 is 2.62 bits per heavy atom. The van der Waals surface area contributed by atoms with Gasteiger partial charge >= 0.3 is 0 Å². The molecule has 21 heavy (non-hydrogen) atoms. The Balaban J connectivity index is 1.90. The molecule has 1 aliphatic carbocycles. The monoisotopic (exact) mass is 393 g/mol. The molecule has 0 bridgehead atoms. The summed E-state index contributed by atoms with van der Waals surface area (Å²) in [6.45, 7) is 0.575. The molecule has 1 saturated heterocycles. The number of aliphatic hydroxyl groups is 1. The van der Waals surface area contributed by atoms with Gasteiger partial charge in [-0.15, -0.1) is 11.3 Å². The maximum absolute atomic E-state index is 12.9. The molecule has 1 aliphatic heterocycles. The lowest BCUT2D eigenvalue weighted by atomic mass is 9.89. The van der Waals surface area contributed by atoms with E-state index in [0.717, 1.165) is 42.3 Å². The molecule has 3 atom stereocenters. The van der Waals surface area contributed by atoms with Crippen molar-refractivity contribution in [2.45, 2.75) is 54.9 Å². The van der Waals surface area contributed by atoms with Crippen molar-refractivity contribution in [1.29, 1.82) is 0 Å². The summed E-state index contributed by atoms with van der Waals surface area (Å²) in [5, 5.41) is 10.2. The molecule has 1 N–H and O–H groups in total. The fourth-order valence-electron chi connectivity index (χ4n) is 3.63. The second-order valence-electron chi connectivity index (χ2n) is 5.90. The van der Waals surface area contributed by atoms with E-state index in [4.69, 9.17) is 0 Å². The number of rotatable bonds is 3. The average Bonchev–Trinajstić information content (AvgIpc) is 3.08. The van der Waals surface area contributed by atoms with Crippen molar-refractivity contribution >= 4 is 37.3 Å². The highest BCUT2D eigenvalue weighted by Crippen LogP contribution is 2.39. The summed E-state index contributed by atoms with van der Waals surface area (Å²) >= 11 is 4.59. The molecule has 2 fully saturated rings. The van der Waals surface area contributed by atoms with Crippen molar-refractivity contribution in [3.05, 3.63) is 15.9 Å².